The molecular formula is C29H34N4O7. The molecule has 2 N–H and O–H groups in total. The number of hydrogen-bond donors (Lipinski definition) is 2. The lowest BCUT2D eigenvalue weighted by Gasteiger charge is -2.26. The summed E-state index contributed by atoms with van der Waals surface area (Å²) in [6.45, 7) is 2.46. The first-order chi connectivity index (χ1) is 19.3. The van der Waals surface area contributed by atoms with Gasteiger partial charge in [-0.25, -0.2) is 4.79 Å². The number of aromatic hydroxyl groups is 1. The van der Waals surface area contributed by atoms with Gasteiger partial charge in [0.05, 0.1) is 20.3 Å². The molecule has 1 aromatic heterocycles. The molecule has 2 amide bonds. The Labute approximate surface area is 232 Å². The van der Waals surface area contributed by atoms with Gasteiger partial charge in [-0.2, -0.15) is 4.98 Å². The number of carboxylic acid groups (broad SMARTS) is 1. The number of benzene rings is 2. The first-order valence-corrected chi connectivity index (χ1v) is 13.2. The normalized spacial score (nSPS) is 14.7. The second kappa shape index (κ2) is 12.5. The molecule has 4 rings (SSSR count). The number of hydrogen-bond acceptors (Lipinski definition) is 7. The molecule has 0 aliphatic carbocycles. The van der Waals surface area contributed by atoms with Gasteiger partial charge in [-0.15, -0.1) is 0 Å². The van der Waals surface area contributed by atoms with Crippen molar-refractivity contribution in [2.75, 3.05) is 27.3 Å². The Kier molecular flexibility index (Phi) is 8.93. The molecule has 0 spiro atoms. The maximum atomic E-state index is 14.0. The molecule has 0 unspecified atom stereocenters. The zero-order chi connectivity index (χ0) is 28.8. The van der Waals surface area contributed by atoms with E-state index in [-0.39, 0.29) is 31.1 Å². The van der Waals surface area contributed by atoms with Crippen molar-refractivity contribution in [3.8, 4) is 23.1 Å². The molecule has 11 heteroatoms. The van der Waals surface area contributed by atoms with Gasteiger partial charge in [0.15, 0.2) is 5.56 Å². The Bertz CT molecular complexity index is 1400. The van der Waals surface area contributed by atoms with Crippen molar-refractivity contribution >= 4 is 12.0 Å². The van der Waals surface area contributed by atoms with E-state index in [0.717, 1.165) is 12.0 Å². The van der Waals surface area contributed by atoms with Crippen LogP contribution in [0.25, 0.3) is 5.69 Å². The number of ether oxygens (including phenoxy) is 2. The zero-order valence-corrected chi connectivity index (χ0v) is 22.9. The van der Waals surface area contributed by atoms with Gasteiger partial charge in [0.25, 0.3) is 11.5 Å². The molecule has 2 aromatic carbocycles. The van der Waals surface area contributed by atoms with Crippen LogP contribution in [0.3, 0.4) is 0 Å². The van der Waals surface area contributed by atoms with Crippen LogP contribution >= 0.6 is 0 Å². The molecule has 1 aliphatic rings. The van der Waals surface area contributed by atoms with Gasteiger partial charge < -0.3 is 24.6 Å². The topological polar surface area (TPSA) is 134 Å². The maximum Gasteiger partial charge on any atom is 0.407 e. The van der Waals surface area contributed by atoms with E-state index >= 15 is 0 Å². The number of methoxy groups -OCH3 is 2. The molecule has 11 nitrogen and oxygen atoms in total. The summed E-state index contributed by atoms with van der Waals surface area (Å²) in [5.41, 5.74) is -0.134. The van der Waals surface area contributed by atoms with Crippen LogP contribution in [-0.4, -0.2) is 74.9 Å². The SMILES string of the molecule is CCCCc1nc(O)c(C(=O)N2CC[C@H](N(Cc3ccccc3)C(=O)O)C2)c(=O)n1-c1c(OC)cccc1OC. The van der Waals surface area contributed by atoms with Crippen molar-refractivity contribution in [2.45, 2.75) is 45.2 Å². The van der Waals surface area contributed by atoms with Crippen molar-refractivity contribution in [3.63, 3.8) is 0 Å². The molecular weight excluding hydrogens is 516 g/mol. The highest BCUT2D eigenvalue weighted by Crippen LogP contribution is 2.33. The molecule has 1 fully saturated rings. The van der Waals surface area contributed by atoms with Crippen molar-refractivity contribution in [1.29, 1.82) is 0 Å². The lowest BCUT2D eigenvalue weighted by Crippen LogP contribution is -2.42. The molecule has 2 heterocycles. The number of carbonyl (C=O) groups is 2. The Balaban J connectivity index is 1.72. The summed E-state index contributed by atoms with van der Waals surface area (Å²) in [7, 11) is 2.92. The summed E-state index contributed by atoms with van der Waals surface area (Å²) in [6.07, 6.45) is 1.17. The summed E-state index contributed by atoms with van der Waals surface area (Å²) in [4.78, 5) is 46.7. The molecule has 1 atom stereocenters. The molecule has 0 radical (unpaired) electrons. The van der Waals surface area contributed by atoms with E-state index in [0.29, 0.717) is 30.8 Å². The molecule has 1 saturated heterocycles. The lowest BCUT2D eigenvalue weighted by molar-refractivity contribution is 0.0761. The summed E-state index contributed by atoms with van der Waals surface area (Å²) in [5, 5.41) is 20.7. The Hall–Kier alpha value is -4.54. The van der Waals surface area contributed by atoms with Gasteiger partial charge in [0.1, 0.15) is 23.0 Å². The van der Waals surface area contributed by atoms with Crippen LogP contribution in [0, 0.1) is 0 Å². The van der Waals surface area contributed by atoms with Crippen molar-refractivity contribution in [1.82, 2.24) is 19.4 Å². The highest BCUT2D eigenvalue weighted by atomic mass is 16.5. The minimum atomic E-state index is -1.10. The third-order valence-electron chi connectivity index (χ3n) is 7.06. The van der Waals surface area contributed by atoms with Crippen LogP contribution in [0.15, 0.2) is 53.3 Å². The number of aromatic nitrogens is 2. The van der Waals surface area contributed by atoms with Crippen LogP contribution in [0.1, 0.15) is 47.9 Å². The third kappa shape index (κ3) is 5.73. The van der Waals surface area contributed by atoms with Gasteiger partial charge in [0.2, 0.25) is 5.88 Å². The summed E-state index contributed by atoms with van der Waals surface area (Å²) in [6, 6.07) is 13.8. The van der Waals surface area contributed by atoms with Gasteiger partial charge in [-0.1, -0.05) is 49.7 Å². The van der Waals surface area contributed by atoms with Crippen molar-refractivity contribution in [2.24, 2.45) is 0 Å². The fourth-order valence-electron chi connectivity index (χ4n) is 5.00. The second-order valence-corrected chi connectivity index (χ2v) is 9.57. The number of unbranched alkanes of at least 4 members (excludes halogenated alkanes) is 1. The van der Waals surface area contributed by atoms with Gasteiger partial charge in [0, 0.05) is 26.1 Å². The van der Waals surface area contributed by atoms with Crippen LogP contribution in [0.2, 0.25) is 0 Å². The Morgan fingerprint density at radius 2 is 1.75 bits per heavy atom. The quantitative estimate of drug-likeness (QED) is 0.390. The molecule has 3 aromatic rings. The smallest absolute Gasteiger partial charge is 0.407 e. The largest absolute Gasteiger partial charge is 0.494 e. The average Bonchev–Trinajstić information content (AvgIpc) is 3.44. The predicted molar refractivity (Wildman–Crippen MR) is 148 cm³/mol. The number of aryl methyl sites for hydroxylation is 1. The molecule has 0 bridgehead atoms. The van der Waals surface area contributed by atoms with Crippen molar-refractivity contribution in [3.05, 3.63) is 75.8 Å². The highest BCUT2D eigenvalue weighted by Gasteiger charge is 2.36. The number of nitrogens with zero attached hydrogens (tertiary/aromatic N) is 4. The van der Waals surface area contributed by atoms with E-state index in [2.05, 4.69) is 4.98 Å². The lowest BCUT2D eigenvalue weighted by atomic mass is 10.1. The maximum absolute atomic E-state index is 14.0. The predicted octanol–water partition coefficient (Wildman–Crippen LogP) is 3.69. The van der Waals surface area contributed by atoms with E-state index < -0.39 is 35.0 Å². The Morgan fingerprint density at radius 3 is 2.35 bits per heavy atom. The van der Waals surface area contributed by atoms with Crippen LogP contribution in [0.5, 0.6) is 17.4 Å². The minimum absolute atomic E-state index is 0.0758. The summed E-state index contributed by atoms with van der Waals surface area (Å²) >= 11 is 0. The number of carbonyl (C=O) groups excluding carboxylic acids is 1. The van der Waals surface area contributed by atoms with E-state index in [1.54, 1.807) is 18.2 Å². The van der Waals surface area contributed by atoms with Gasteiger partial charge in [-0.05, 0) is 30.5 Å². The first-order valence-electron chi connectivity index (χ1n) is 13.2. The van der Waals surface area contributed by atoms with Gasteiger partial charge >= 0.3 is 6.09 Å². The number of amides is 2. The monoisotopic (exact) mass is 550 g/mol. The third-order valence-corrected chi connectivity index (χ3v) is 7.06. The molecule has 0 saturated carbocycles. The second-order valence-electron chi connectivity index (χ2n) is 9.57. The fourth-order valence-corrected chi connectivity index (χ4v) is 5.00. The van der Waals surface area contributed by atoms with E-state index in [4.69, 9.17) is 9.47 Å². The minimum Gasteiger partial charge on any atom is -0.494 e. The van der Waals surface area contributed by atoms with Gasteiger partial charge in [-0.3, -0.25) is 19.1 Å². The zero-order valence-electron chi connectivity index (χ0n) is 22.9. The number of likely N-dealkylation sites (tertiary alicyclic amines) is 1. The van der Waals surface area contributed by atoms with E-state index in [1.165, 1.54) is 28.6 Å². The fraction of sp³-hybridized carbons (Fsp3) is 0.379. The van der Waals surface area contributed by atoms with Crippen LogP contribution in [0.4, 0.5) is 4.79 Å². The molecule has 1 aliphatic heterocycles. The van der Waals surface area contributed by atoms with Crippen LogP contribution < -0.4 is 15.0 Å². The van der Waals surface area contributed by atoms with E-state index in [9.17, 15) is 24.6 Å². The first kappa shape index (κ1) is 28.5. The standard InChI is InChI=1S/C29H34N4O7/c1-4-5-14-23-30-26(34)24(28(36)33(23)25-21(39-2)12-9-13-22(25)40-3)27(35)31-16-15-20(18-31)32(29(37)38)17-19-10-7-6-8-11-19/h6-13,20,34H,4-5,14-18H2,1-3H3,(H,37,38)/t20-/m0/s1. The van der Waals surface area contributed by atoms with Crippen LogP contribution in [-0.2, 0) is 13.0 Å². The van der Waals surface area contributed by atoms with E-state index in [1.807, 2.05) is 37.3 Å². The summed E-state index contributed by atoms with van der Waals surface area (Å²) < 4.78 is 12.3. The number of rotatable bonds is 10. The highest BCUT2D eigenvalue weighted by molar-refractivity contribution is 5.96. The van der Waals surface area contributed by atoms with Crippen molar-refractivity contribution < 1.29 is 29.3 Å². The Morgan fingerprint density at radius 1 is 1.07 bits per heavy atom. The molecule has 40 heavy (non-hydrogen) atoms. The molecule has 212 valence electrons. The summed E-state index contributed by atoms with van der Waals surface area (Å²) in [5.74, 6) is -0.433. The number of para-hydroxylation sites is 1. The average molecular weight is 551 g/mol.